The highest BCUT2D eigenvalue weighted by molar-refractivity contribution is 9.10. The predicted octanol–water partition coefficient (Wildman–Crippen LogP) is 3.33. The minimum absolute atomic E-state index is 0.246. The molecule has 0 saturated carbocycles. The van der Waals surface area contributed by atoms with Crippen LogP contribution in [0.4, 0.5) is 4.79 Å². The van der Waals surface area contributed by atoms with Gasteiger partial charge in [-0.25, -0.2) is 9.59 Å². The van der Waals surface area contributed by atoms with E-state index in [-0.39, 0.29) is 6.03 Å². The molecule has 0 saturated heterocycles. The summed E-state index contributed by atoms with van der Waals surface area (Å²) in [5.41, 5.74) is 1.88. The van der Waals surface area contributed by atoms with Gasteiger partial charge in [0.1, 0.15) is 6.61 Å². The number of thioether (sulfide) groups is 1. The molecule has 0 radical (unpaired) electrons. The van der Waals surface area contributed by atoms with Crippen molar-refractivity contribution in [3.05, 3.63) is 45.6 Å². The Labute approximate surface area is 148 Å². The fourth-order valence-electron chi connectivity index (χ4n) is 2.34. The van der Waals surface area contributed by atoms with Crippen LogP contribution in [0.3, 0.4) is 0 Å². The third-order valence-electron chi connectivity index (χ3n) is 3.71. The molecule has 1 aliphatic heterocycles. The molecule has 0 aliphatic carbocycles. The van der Waals surface area contributed by atoms with E-state index < -0.39 is 12.0 Å². The number of hydrogen-bond donors (Lipinski definition) is 1. The minimum Gasteiger partial charge on any atom is -0.461 e. The third kappa shape index (κ3) is 3.90. The van der Waals surface area contributed by atoms with Crippen molar-refractivity contribution in [1.82, 2.24) is 10.2 Å². The van der Waals surface area contributed by atoms with Crippen molar-refractivity contribution >= 4 is 39.7 Å². The maximum Gasteiger partial charge on any atom is 0.338 e. The Bertz CT molecular complexity index is 648. The second-order valence-electron chi connectivity index (χ2n) is 5.09. The molecular formula is C16H19BrN2O3S. The Morgan fingerprint density at radius 1 is 1.43 bits per heavy atom. The zero-order valence-corrected chi connectivity index (χ0v) is 15.7. The van der Waals surface area contributed by atoms with Crippen LogP contribution in [0.5, 0.6) is 0 Å². The average molecular weight is 399 g/mol. The number of carbonyl (C=O) groups is 2. The largest absolute Gasteiger partial charge is 0.461 e. The van der Waals surface area contributed by atoms with Gasteiger partial charge in [-0.3, -0.25) is 0 Å². The molecule has 124 valence electrons. The monoisotopic (exact) mass is 398 g/mol. The van der Waals surface area contributed by atoms with Gasteiger partial charge in [-0.15, -0.1) is 0 Å². The van der Waals surface area contributed by atoms with Gasteiger partial charge in [0.25, 0.3) is 0 Å². The summed E-state index contributed by atoms with van der Waals surface area (Å²) in [6.07, 6.45) is 1.96. The molecule has 7 heteroatoms. The summed E-state index contributed by atoms with van der Waals surface area (Å²) >= 11 is 5.10. The van der Waals surface area contributed by atoms with E-state index in [0.29, 0.717) is 17.9 Å². The molecule has 2 rings (SSSR count). The van der Waals surface area contributed by atoms with Crippen LogP contribution in [0.2, 0.25) is 0 Å². The molecule has 5 nitrogen and oxygen atoms in total. The number of nitrogens with zero attached hydrogens (tertiary/aromatic N) is 1. The van der Waals surface area contributed by atoms with Crippen molar-refractivity contribution < 1.29 is 14.3 Å². The van der Waals surface area contributed by atoms with E-state index in [1.807, 2.05) is 30.5 Å². The number of hydrogen-bond acceptors (Lipinski definition) is 4. The average Bonchev–Trinajstić information content (AvgIpc) is 2.53. The van der Waals surface area contributed by atoms with Crippen molar-refractivity contribution in [2.24, 2.45) is 0 Å². The number of esters is 1. The summed E-state index contributed by atoms with van der Waals surface area (Å²) in [6, 6.07) is 6.74. The maximum atomic E-state index is 12.5. The van der Waals surface area contributed by atoms with Crippen LogP contribution in [0.15, 0.2) is 40.0 Å². The van der Waals surface area contributed by atoms with Gasteiger partial charge in [-0.1, -0.05) is 34.1 Å². The first-order chi connectivity index (χ1) is 11.0. The lowest BCUT2D eigenvalue weighted by molar-refractivity contribution is -0.139. The van der Waals surface area contributed by atoms with Gasteiger partial charge in [0.2, 0.25) is 0 Å². The number of carbonyl (C=O) groups excluding carboxylic acids is 2. The number of benzene rings is 1. The number of halogens is 1. The van der Waals surface area contributed by atoms with Crippen molar-refractivity contribution in [1.29, 1.82) is 0 Å². The van der Waals surface area contributed by atoms with Crippen molar-refractivity contribution in [3.8, 4) is 0 Å². The van der Waals surface area contributed by atoms with Crippen LogP contribution in [0.1, 0.15) is 18.5 Å². The molecule has 0 fully saturated rings. The number of allylic oxidation sites excluding steroid dienone is 1. The second kappa shape index (κ2) is 7.88. The topological polar surface area (TPSA) is 58.6 Å². The summed E-state index contributed by atoms with van der Waals surface area (Å²) in [5, 5.41) is 2.87. The lowest BCUT2D eigenvalue weighted by Gasteiger charge is -2.33. The first kappa shape index (κ1) is 17.9. The van der Waals surface area contributed by atoms with E-state index in [1.165, 1.54) is 4.90 Å². The zero-order chi connectivity index (χ0) is 17.0. The minimum atomic E-state index is -0.531. The van der Waals surface area contributed by atoms with E-state index in [0.717, 1.165) is 15.8 Å². The summed E-state index contributed by atoms with van der Waals surface area (Å²) < 4.78 is 6.19. The summed E-state index contributed by atoms with van der Waals surface area (Å²) in [7, 11) is 1.64. The van der Waals surface area contributed by atoms with Crippen LogP contribution < -0.4 is 5.32 Å². The molecule has 1 aromatic rings. The molecule has 2 amide bonds. The Balaban J connectivity index is 2.40. The van der Waals surface area contributed by atoms with Crippen molar-refractivity contribution in [2.75, 3.05) is 25.7 Å². The Morgan fingerprint density at radius 3 is 2.78 bits per heavy atom. The van der Waals surface area contributed by atoms with Crippen molar-refractivity contribution in [3.63, 3.8) is 0 Å². The van der Waals surface area contributed by atoms with Gasteiger partial charge in [0, 0.05) is 23.0 Å². The smallest absolute Gasteiger partial charge is 0.338 e. The first-order valence-corrected chi connectivity index (χ1v) is 9.31. The second-order valence-corrected chi connectivity index (χ2v) is 6.93. The van der Waals surface area contributed by atoms with Gasteiger partial charge >= 0.3 is 12.0 Å². The van der Waals surface area contributed by atoms with E-state index >= 15 is 0 Å². The molecule has 0 spiro atoms. The van der Waals surface area contributed by atoms with Crippen LogP contribution in [-0.2, 0) is 9.53 Å². The molecule has 1 N–H and O–H groups in total. The van der Waals surface area contributed by atoms with Crippen LogP contribution in [0.25, 0.3) is 0 Å². The predicted molar refractivity (Wildman–Crippen MR) is 95.2 cm³/mol. The van der Waals surface area contributed by atoms with Gasteiger partial charge in [0.05, 0.1) is 11.6 Å². The third-order valence-corrected chi connectivity index (χ3v) is 5.01. The Kier molecular flexibility index (Phi) is 6.12. The highest BCUT2D eigenvalue weighted by Crippen LogP contribution is 2.34. The number of amides is 2. The molecular weight excluding hydrogens is 380 g/mol. The molecule has 1 heterocycles. The van der Waals surface area contributed by atoms with Crippen molar-refractivity contribution in [2.45, 2.75) is 13.0 Å². The number of ether oxygens (including phenoxy) is 1. The van der Waals surface area contributed by atoms with Crippen LogP contribution >= 0.6 is 27.7 Å². The number of urea groups is 1. The van der Waals surface area contributed by atoms with Gasteiger partial charge in [-0.2, -0.15) is 11.8 Å². The highest BCUT2D eigenvalue weighted by Gasteiger charge is 2.35. The summed E-state index contributed by atoms with van der Waals surface area (Å²) in [4.78, 5) is 26.1. The van der Waals surface area contributed by atoms with Gasteiger partial charge < -0.3 is 15.0 Å². The van der Waals surface area contributed by atoms with Crippen LogP contribution in [0, 0.1) is 0 Å². The quantitative estimate of drug-likeness (QED) is 0.610. The molecule has 1 atom stereocenters. The normalized spacial score (nSPS) is 18.0. The lowest BCUT2D eigenvalue weighted by atomic mass is 9.95. The molecule has 1 aromatic carbocycles. The van der Waals surface area contributed by atoms with E-state index in [9.17, 15) is 9.59 Å². The maximum absolute atomic E-state index is 12.5. The molecule has 0 bridgehead atoms. The molecule has 23 heavy (non-hydrogen) atoms. The summed E-state index contributed by atoms with van der Waals surface area (Å²) in [6.45, 7) is 2.10. The van der Waals surface area contributed by atoms with Gasteiger partial charge in [0.15, 0.2) is 0 Å². The van der Waals surface area contributed by atoms with E-state index in [4.69, 9.17) is 4.74 Å². The number of nitrogens with one attached hydrogen (secondary N) is 1. The van der Waals surface area contributed by atoms with Crippen LogP contribution in [-0.4, -0.2) is 42.6 Å². The number of rotatable bonds is 5. The highest BCUT2D eigenvalue weighted by atomic mass is 79.9. The van der Waals surface area contributed by atoms with Gasteiger partial charge in [-0.05, 0) is 24.8 Å². The fraction of sp³-hybridized carbons (Fsp3) is 0.375. The van der Waals surface area contributed by atoms with E-state index in [2.05, 4.69) is 21.2 Å². The molecule has 1 aliphatic rings. The fourth-order valence-corrected chi connectivity index (χ4v) is 3.10. The first-order valence-electron chi connectivity index (χ1n) is 7.12. The Morgan fingerprint density at radius 2 is 2.13 bits per heavy atom. The SMILES string of the molecule is CSCCOC(=O)C1=C(C)N(C)C(=O)NC1c1ccccc1Br. The zero-order valence-electron chi connectivity index (χ0n) is 13.3. The Hall–Kier alpha value is -1.47. The molecule has 0 aromatic heterocycles. The molecule has 1 unspecified atom stereocenters. The van der Waals surface area contributed by atoms with E-state index in [1.54, 1.807) is 25.7 Å². The lowest BCUT2D eigenvalue weighted by Crippen LogP contribution is -2.46. The summed E-state index contributed by atoms with van der Waals surface area (Å²) in [5.74, 6) is 0.337. The standard InChI is InChI=1S/C16H19BrN2O3S/c1-10-13(15(20)22-8-9-23-3)14(18-16(21)19(10)2)11-6-4-5-7-12(11)17/h4-7,14H,8-9H2,1-3H3,(H,18,21).